The van der Waals surface area contributed by atoms with Crippen molar-refractivity contribution in [3.05, 3.63) is 5.69 Å². The molecule has 0 aliphatic heterocycles. The number of anilines is 1. The summed E-state index contributed by atoms with van der Waals surface area (Å²) in [5, 5.41) is 0.274. The molecule has 0 unspecified atom stereocenters. The maximum absolute atomic E-state index is 12.2. The van der Waals surface area contributed by atoms with E-state index in [9.17, 15) is 8.42 Å². The van der Waals surface area contributed by atoms with E-state index in [1.807, 2.05) is 20.8 Å². The van der Waals surface area contributed by atoms with Gasteiger partial charge in [-0.1, -0.05) is 24.7 Å². The summed E-state index contributed by atoms with van der Waals surface area (Å²) in [6.45, 7) is 7.40. The molecule has 0 spiro atoms. The van der Waals surface area contributed by atoms with Crippen molar-refractivity contribution in [3.63, 3.8) is 0 Å². The van der Waals surface area contributed by atoms with Crippen molar-refractivity contribution >= 4 is 26.5 Å². The zero-order valence-electron chi connectivity index (χ0n) is 10.6. The molecule has 1 aromatic heterocycles. The van der Waals surface area contributed by atoms with Gasteiger partial charge >= 0.3 is 0 Å². The molecule has 0 bridgehead atoms. The quantitative estimate of drug-likeness (QED) is 0.860. The van der Waals surface area contributed by atoms with Gasteiger partial charge in [-0.25, -0.2) is 18.1 Å². The van der Waals surface area contributed by atoms with E-state index in [2.05, 4.69) is 9.71 Å². The lowest BCUT2D eigenvalue weighted by atomic mass is 10.0. The summed E-state index contributed by atoms with van der Waals surface area (Å²) in [5.41, 5.74) is 5.51. The molecule has 0 atom stereocenters. The molecule has 0 aromatic carbocycles. The first-order valence-corrected chi connectivity index (χ1v) is 7.75. The smallest absolute Gasteiger partial charge is 0.252 e. The molecule has 1 aromatic rings. The molecule has 0 saturated heterocycles. The average Bonchev–Trinajstić information content (AvgIpc) is 2.43. The van der Waals surface area contributed by atoms with Gasteiger partial charge in [-0.3, -0.25) is 0 Å². The van der Waals surface area contributed by atoms with Gasteiger partial charge in [-0.15, -0.1) is 0 Å². The molecule has 3 N–H and O–H groups in total. The first kappa shape index (κ1) is 14.4. The highest BCUT2D eigenvalue weighted by Crippen LogP contribution is 2.26. The normalized spacial score (nSPS) is 12.9. The van der Waals surface area contributed by atoms with E-state index in [1.54, 1.807) is 6.92 Å². The Morgan fingerprint density at radius 3 is 2.47 bits per heavy atom. The predicted octanol–water partition coefficient (Wildman–Crippen LogP) is 1.89. The van der Waals surface area contributed by atoms with Gasteiger partial charge in [0, 0.05) is 5.54 Å². The third kappa shape index (κ3) is 3.65. The van der Waals surface area contributed by atoms with Crippen LogP contribution in [-0.4, -0.2) is 18.9 Å². The van der Waals surface area contributed by atoms with Crippen LogP contribution in [-0.2, 0) is 10.0 Å². The number of nitrogens with zero attached hydrogens (tertiary/aromatic N) is 1. The summed E-state index contributed by atoms with van der Waals surface area (Å²) >= 11 is 0.996. The summed E-state index contributed by atoms with van der Waals surface area (Å²) in [7, 11) is -3.52. The standard InChI is InChI=1S/C10H19N3O2S2/c1-5-6-10(3,4)13-17(14,15)8-7(2)12-9(11)16-8/h13H,5-6H2,1-4H3,(H2,11,12). The van der Waals surface area contributed by atoms with Crippen LogP contribution in [0.3, 0.4) is 0 Å². The fourth-order valence-electron chi connectivity index (χ4n) is 1.74. The fraction of sp³-hybridized carbons (Fsp3) is 0.700. The highest BCUT2D eigenvalue weighted by molar-refractivity contribution is 7.91. The average molecular weight is 277 g/mol. The molecule has 0 amide bonds. The molecular formula is C10H19N3O2S2. The van der Waals surface area contributed by atoms with Crippen molar-refractivity contribution in [1.82, 2.24) is 9.71 Å². The molecular weight excluding hydrogens is 258 g/mol. The van der Waals surface area contributed by atoms with E-state index in [1.165, 1.54) is 0 Å². The first-order valence-electron chi connectivity index (χ1n) is 5.45. The van der Waals surface area contributed by atoms with Crippen LogP contribution in [0.5, 0.6) is 0 Å². The summed E-state index contributed by atoms with van der Waals surface area (Å²) < 4.78 is 27.2. The number of aromatic nitrogens is 1. The van der Waals surface area contributed by atoms with Gasteiger partial charge in [-0.05, 0) is 27.2 Å². The Hall–Kier alpha value is -0.660. The van der Waals surface area contributed by atoms with Gasteiger partial charge in [0.25, 0.3) is 10.0 Å². The van der Waals surface area contributed by atoms with Crippen LogP contribution >= 0.6 is 11.3 Å². The number of hydrogen-bond donors (Lipinski definition) is 2. The zero-order valence-corrected chi connectivity index (χ0v) is 12.2. The summed E-state index contributed by atoms with van der Waals surface area (Å²) in [6.07, 6.45) is 1.69. The number of hydrogen-bond acceptors (Lipinski definition) is 5. The van der Waals surface area contributed by atoms with Gasteiger partial charge in [0.05, 0.1) is 5.69 Å². The van der Waals surface area contributed by atoms with Gasteiger partial charge in [0.15, 0.2) is 9.34 Å². The molecule has 0 aliphatic rings. The number of sulfonamides is 1. The molecule has 98 valence electrons. The van der Waals surface area contributed by atoms with E-state index in [4.69, 9.17) is 5.73 Å². The number of rotatable bonds is 5. The Morgan fingerprint density at radius 2 is 2.06 bits per heavy atom. The van der Waals surface area contributed by atoms with E-state index >= 15 is 0 Å². The molecule has 7 heteroatoms. The zero-order chi connectivity index (χ0) is 13.3. The van der Waals surface area contributed by atoms with Crippen molar-refractivity contribution in [2.45, 2.75) is 50.3 Å². The first-order chi connectivity index (χ1) is 7.68. The molecule has 1 heterocycles. The van der Waals surface area contributed by atoms with E-state index in [0.717, 1.165) is 24.2 Å². The monoisotopic (exact) mass is 277 g/mol. The predicted molar refractivity (Wildman–Crippen MR) is 70.6 cm³/mol. The van der Waals surface area contributed by atoms with Crippen molar-refractivity contribution < 1.29 is 8.42 Å². The Bertz CT molecular complexity index is 492. The summed E-state index contributed by atoms with van der Waals surface area (Å²) in [6, 6.07) is 0. The minimum Gasteiger partial charge on any atom is -0.375 e. The molecule has 5 nitrogen and oxygen atoms in total. The second-order valence-electron chi connectivity index (χ2n) is 4.66. The number of aryl methyl sites for hydroxylation is 1. The SMILES string of the molecule is CCCC(C)(C)NS(=O)(=O)c1sc(N)nc1C. The van der Waals surface area contributed by atoms with Gasteiger partial charge in [0.1, 0.15) is 0 Å². The van der Waals surface area contributed by atoms with Crippen molar-refractivity contribution in [2.75, 3.05) is 5.73 Å². The topological polar surface area (TPSA) is 85.1 Å². The molecule has 17 heavy (non-hydrogen) atoms. The van der Waals surface area contributed by atoms with E-state index < -0.39 is 15.6 Å². The minimum atomic E-state index is -3.52. The van der Waals surface area contributed by atoms with Gasteiger partial charge in [-0.2, -0.15) is 0 Å². The maximum atomic E-state index is 12.2. The van der Waals surface area contributed by atoms with Crippen LogP contribution in [0.4, 0.5) is 5.13 Å². The van der Waals surface area contributed by atoms with E-state index in [0.29, 0.717) is 5.69 Å². The lowest BCUT2D eigenvalue weighted by molar-refractivity contribution is 0.418. The molecule has 1 rings (SSSR count). The second-order valence-corrected chi connectivity index (χ2v) is 7.57. The van der Waals surface area contributed by atoms with Crippen molar-refractivity contribution in [2.24, 2.45) is 0 Å². The highest BCUT2D eigenvalue weighted by Gasteiger charge is 2.28. The molecule has 0 aliphatic carbocycles. The number of nitrogens with two attached hydrogens (primary N) is 1. The molecule has 0 radical (unpaired) electrons. The Balaban J connectivity index is 3.01. The number of thiazole rings is 1. The maximum Gasteiger partial charge on any atom is 0.252 e. The largest absolute Gasteiger partial charge is 0.375 e. The van der Waals surface area contributed by atoms with Gasteiger partial charge < -0.3 is 5.73 Å². The second kappa shape index (κ2) is 4.91. The number of nitrogen functional groups attached to an aromatic ring is 1. The van der Waals surface area contributed by atoms with Crippen LogP contribution in [0.15, 0.2) is 4.21 Å². The van der Waals surface area contributed by atoms with Crippen LogP contribution < -0.4 is 10.5 Å². The van der Waals surface area contributed by atoms with Crippen LogP contribution in [0.2, 0.25) is 0 Å². The number of nitrogens with one attached hydrogen (secondary N) is 1. The van der Waals surface area contributed by atoms with E-state index in [-0.39, 0.29) is 9.34 Å². The molecule has 0 saturated carbocycles. The summed E-state index contributed by atoms with van der Waals surface area (Å²) in [4.78, 5) is 3.93. The van der Waals surface area contributed by atoms with Crippen LogP contribution in [0.1, 0.15) is 39.3 Å². The minimum absolute atomic E-state index is 0.208. The third-order valence-corrected chi connectivity index (χ3v) is 5.59. The van der Waals surface area contributed by atoms with Crippen LogP contribution in [0.25, 0.3) is 0 Å². The fourth-order valence-corrected chi connectivity index (χ4v) is 4.48. The molecule has 0 fully saturated rings. The lowest BCUT2D eigenvalue weighted by Crippen LogP contribution is -2.43. The Kier molecular flexibility index (Phi) is 4.16. The van der Waals surface area contributed by atoms with Crippen LogP contribution in [0, 0.1) is 6.92 Å². The highest BCUT2D eigenvalue weighted by atomic mass is 32.2. The Morgan fingerprint density at radius 1 is 1.47 bits per heavy atom. The lowest BCUT2D eigenvalue weighted by Gasteiger charge is -2.24. The third-order valence-electron chi connectivity index (χ3n) is 2.30. The van der Waals surface area contributed by atoms with Gasteiger partial charge in [0.2, 0.25) is 0 Å². The Labute approximate surface area is 106 Å². The van der Waals surface area contributed by atoms with Crippen molar-refractivity contribution in [3.8, 4) is 0 Å². The summed E-state index contributed by atoms with van der Waals surface area (Å²) in [5.74, 6) is 0. The van der Waals surface area contributed by atoms with Crippen molar-refractivity contribution in [1.29, 1.82) is 0 Å².